The van der Waals surface area contributed by atoms with Crippen molar-refractivity contribution in [2.24, 2.45) is 0 Å². The Labute approximate surface area is 210 Å². The summed E-state index contributed by atoms with van der Waals surface area (Å²) in [5.41, 5.74) is 9.71. The first-order chi connectivity index (χ1) is 17.4. The highest BCUT2D eigenvalue weighted by atomic mass is 16.5. The highest BCUT2D eigenvalue weighted by molar-refractivity contribution is 5.89. The van der Waals surface area contributed by atoms with E-state index in [4.69, 9.17) is 10.5 Å². The molecular formula is C29H32N2O5. The van der Waals surface area contributed by atoms with Gasteiger partial charge in [-0.15, -0.1) is 0 Å². The molecule has 188 valence electrons. The molecule has 1 aromatic heterocycles. The van der Waals surface area contributed by atoms with Crippen molar-refractivity contribution in [2.75, 3.05) is 12.3 Å². The van der Waals surface area contributed by atoms with E-state index >= 15 is 0 Å². The smallest absolute Gasteiger partial charge is 0.338 e. The minimum Gasteiger partial charge on any atom is -0.507 e. The van der Waals surface area contributed by atoms with Gasteiger partial charge in [0.15, 0.2) is 0 Å². The Morgan fingerprint density at radius 1 is 1.06 bits per heavy atom. The molecule has 1 atom stereocenters. The van der Waals surface area contributed by atoms with Crippen LogP contribution in [0.1, 0.15) is 46.8 Å². The number of esters is 1. The summed E-state index contributed by atoms with van der Waals surface area (Å²) >= 11 is 0. The van der Waals surface area contributed by atoms with Crippen molar-refractivity contribution < 1.29 is 24.9 Å². The number of ether oxygens (including phenoxy) is 1. The Balaban J connectivity index is 1.49. The Hall–Kier alpha value is -3.97. The van der Waals surface area contributed by atoms with Gasteiger partial charge in [0.25, 0.3) is 0 Å². The van der Waals surface area contributed by atoms with Gasteiger partial charge in [0, 0.05) is 29.2 Å². The fourth-order valence-corrected chi connectivity index (χ4v) is 4.36. The molecule has 0 fully saturated rings. The first-order valence-electron chi connectivity index (χ1n) is 12.2. The van der Waals surface area contributed by atoms with Crippen molar-refractivity contribution in [1.82, 2.24) is 4.57 Å². The molecule has 5 N–H and O–H groups in total. The Morgan fingerprint density at radius 3 is 2.44 bits per heavy atom. The van der Waals surface area contributed by atoms with Crippen LogP contribution in [0.2, 0.25) is 0 Å². The molecule has 0 spiro atoms. The molecule has 0 saturated heterocycles. The van der Waals surface area contributed by atoms with E-state index in [0.717, 1.165) is 41.3 Å². The molecule has 0 radical (unpaired) electrons. The summed E-state index contributed by atoms with van der Waals surface area (Å²) in [4.78, 5) is 12.3. The van der Waals surface area contributed by atoms with Crippen LogP contribution in [-0.2, 0) is 24.1 Å². The van der Waals surface area contributed by atoms with Crippen LogP contribution in [0.3, 0.4) is 0 Å². The van der Waals surface area contributed by atoms with Gasteiger partial charge < -0.3 is 30.4 Å². The van der Waals surface area contributed by atoms with Gasteiger partial charge >= 0.3 is 5.97 Å². The van der Waals surface area contributed by atoms with Crippen LogP contribution in [0, 0.1) is 0 Å². The van der Waals surface area contributed by atoms with E-state index in [1.54, 1.807) is 36.4 Å². The average Bonchev–Trinajstić information content (AvgIpc) is 3.21. The summed E-state index contributed by atoms with van der Waals surface area (Å²) < 4.78 is 7.23. The van der Waals surface area contributed by atoms with Gasteiger partial charge in [-0.25, -0.2) is 4.79 Å². The van der Waals surface area contributed by atoms with Crippen LogP contribution >= 0.6 is 0 Å². The molecule has 3 aromatic carbocycles. The minimum absolute atomic E-state index is 0.0649. The van der Waals surface area contributed by atoms with E-state index in [2.05, 4.69) is 6.92 Å². The lowest BCUT2D eigenvalue weighted by molar-refractivity contribution is 0.0259. The number of aliphatic hydroxyl groups excluding tert-OH is 1. The van der Waals surface area contributed by atoms with Gasteiger partial charge in [-0.2, -0.15) is 0 Å². The number of nitrogens with two attached hydrogens (primary N) is 1. The molecule has 0 aliphatic heterocycles. The number of carbonyl (C=O) groups is 1. The number of fused-ring (bicyclic) bond motifs is 1. The number of carbonyl (C=O) groups excluding carboxylic acids is 1. The third-order valence-corrected chi connectivity index (χ3v) is 6.29. The largest absolute Gasteiger partial charge is 0.507 e. The normalized spacial score (nSPS) is 12.1. The number of anilines is 1. The number of hydrogen-bond donors (Lipinski definition) is 4. The molecule has 7 heteroatoms. The molecule has 4 aromatic rings. The third-order valence-electron chi connectivity index (χ3n) is 6.29. The summed E-state index contributed by atoms with van der Waals surface area (Å²) in [7, 11) is 0. The molecule has 4 rings (SSSR count). The van der Waals surface area contributed by atoms with E-state index in [1.165, 1.54) is 0 Å². The van der Waals surface area contributed by atoms with Gasteiger partial charge in [0.2, 0.25) is 0 Å². The zero-order valence-corrected chi connectivity index (χ0v) is 20.4. The Bertz CT molecular complexity index is 1320. The fourth-order valence-electron chi connectivity index (χ4n) is 4.36. The maximum Gasteiger partial charge on any atom is 0.338 e. The maximum absolute atomic E-state index is 12.3. The summed E-state index contributed by atoms with van der Waals surface area (Å²) in [6.45, 7) is 2.22. The van der Waals surface area contributed by atoms with E-state index in [1.807, 2.05) is 35.0 Å². The predicted molar refractivity (Wildman–Crippen MR) is 140 cm³/mol. The number of rotatable bonds is 10. The number of phenols is 2. The Morgan fingerprint density at radius 2 is 1.75 bits per heavy atom. The molecule has 36 heavy (non-hydrogen) atoms. The topological polar surface area (TPSA) is 118 Å². The maximum atomic E-state index is 12.3. The number of unbranched alkanes of at least 4 members (excludes halogenated alkanes) is 1. The van der Waals surface area contributed by atoms with Gasteiger partial charge in [-0.05, 0) is 66.4 Å². The second-order valence-electron chi connectivity index (χ2n) is 9.09. The number of benzene rings is 3. The lowest BCUT2D eigenvalue weighted by Gasteiger charge is -2.12. The molecule has 1 heterocycles. The molecule has 0 aliphatic carbocycles. The van der Waals surface area contributed by atoms with Crippen molar-refractivity contribution in [2.45, 2.75) is 45.3 Å². The number of aliphatic hydroxyl groups is 1. The zero-order valence-electron chi connectivity index (χ0n) is 20.4. The number of phenolic OH excluding ortho intramolecular Hbond substituents is 2. The second-order valence-corrected chi connectivity index (χ2v) is 9.09. The van der Waals surface area contributed by atoms with Gasteiger partial charge in [-0.1, -0.05) is 31.5 Å². The number of nitrogen functional groups attached to an aromatic ring is 1. The molecule has 0 bridgehead atoms. The van der Waals surface area contributed by atoms with Crippen LogP contribution in [0.15, 0.2) is 66.9 Å². The summed E-state index contributed by atoms with van der Waals surface area (Å²) in [5.74, 6) is -0.394. The molecule has 7 nitrogen and oxygen atoms in total. The third kappa shape index (κ3) is 5.80. The van der Waals surface area contributed by atoms with Crippen molar-refractivity contribution in [3.8, 4) is 11.5 Å². The number of para-hydroxylation sites is 1. The first kappa shape index (κ1) is 25.1. The van der Waals surface area contributed by atoms with Crippen LogP contribution in [0.4, 0.5) is 5.69 Å². The minimum atomic E-state index is -0.901. The van der Waals surface area contributed by atoms with Crippen molar-refractivity contribution in [1.29, 1.82) is 0 Å². The Kier molecular flexibility index (Phi) is 7.80. The van der Waals surface area contributed by atoms with E-state index in [-0.39, 0.29) is 31.1 Å². The van der Waals surface area contributed by atoms with Crippen molar-refractivity contribution in [3.63, 3.8) is 0 Å². The van der Waals surface area contributed by atoms with Crippen molar-refractivity contribution >= 4 is 22.6 Å². The van der Waals surface area contributed by atoms with E-state index in [0.29, 0.717) is 16.8 Å². The summed E-state index contributed by atoms with van der Waals surface area (Å²) in [6.07, 6.45) is 4.10. The molecular weight excluding hydrogens is 456 g/mol. The van der Waals surface area contributed by atoms with Gasteiger partial charge in [0.05, 0.1) is 23.8 Å². The van der Waals surface area contributed by atoms with Gasteiger partial charge in [-0.3, -0.25) is 0 Å². The highest BCUT2D eigenvalue weighted by Gasteiger charge is 2.17. The SMILES string of the molecule is CCCCc1cc(O)c(Cn2cc(C[C@H](O)COC(=O)c3ccc(N)cc3)c3ccccc32)c(O)c1. The fraction of sp³-hybridized carbons (Fsp3) is 0.276. The average molecular weight is 489 g/mol. The molecule has 0 amide bonds. The highest BCUT2D eigenvalue weighted by Crippen LogP contribution is 2.32. The van der Waals surface area contributed by atoms with E-state index < -0.39 is 12.1 Å². The second kappa shape index (κ2) is 11.2. The molecule has 0 saturated carbocycles. The monoisotopic (exact) mass is 488 g/mol. The lowest BCUT2D eigenvalue weighted by atomic mass is 10.0. The number of aromatic hydroxyl groups is 2. The summed E-state index contributed by atoms with van der Waals surface area (Å²) in [6, 6.07) is 17.6. The first-order valence-corrected chi connectivity index (χ1v) is 12.2. The van der Waals surface area contributed by atoms with Gasteiger partial charge in [0.1, 0.15) is 18.1 Å². The number of nitrogens with zero attached hydrogens (tertiary/aromatic N) is 1. The number of hydrogen-bond acceptors (Lipinski definition) is 6. The van der Waals surface area contributed by atoms with Crippen molar-refractivity contribution in [3.05, 3.63) is 89.1 Å². The lowest BCUT2D eigenvalue weighted by Crippen LogP contribution is -2.21. The summed E-state index contributed by atoms with van der Waals surface area (Å²) in [5, 5.41) is 32.8. The van der Waals surface area contributed by atoms with Crippen LogP contribution in [-0.4, -0.2) is 38.6 Å². The molecule has 0 unspecified atom stereocenters. The van der Waals surface area contributed by atoms with E-state index in [9.17, 15) is 20.1 Å². The predicted octanol–water partition coefficient (Wildman–Crippen LogP) is 4.79. The zero-order chi connectivity index (χ0) is 25.7. The molecule has 0 aliphatic rings. The quantitative estimate of drug-likeness (QED) is 0.188. The standard InChI is InChI=1S/C29H32N2O5/c1-2-3-6-19-13-27(33)25(28(34)14-19)17-31-16-21(24-7-4-5-8-26(24)31)15-23(32)18-36-29(35)20-9-11-22(30)12-10-20/h4-5,7-14,16,23,32-34H,2-3,6,15,17-18,30H2,1H3/t23-/m0/s1. The number of aryl methyl sites for hydroxylation is 1. The van der Waals surface area contributed by atoms with Crippen LogP contribution < -0.4 is 5.73 Å². The van der Waals surface area contributed by atoms with Crippen LogP contribution in [0.25, 0.3) is 10.9 Å². The number of aromatic nitrogens is 1. The van der Waals surface area contributed by atoms with Crippen LogP contribution in [0.5, 0.6) is 11.5 Å².